The van der Waals surface area contributed by atoms with Crippen LogP contribution in [0.1, 0.15) is 38.2 Å². The maximum Gasteiger partial charge on any atom is 0.514 e. The van der Waals surface area contributed by atoms with E-state index in [-0.39, 0.29) is 5.91 Å². The molecule has 1 fully saturated rings. The Hall–Kier alpha value is -2.32. The lowest BCUT2D eigenvalue weighted by molar-refractivity contribution is 0.00578. The molecule has 1 amide bonds. The van der Waals surface area contributed by atoms with E-state index in [1.54, 1.807) is 24.4 Å². The van der Waals surface area contributed by atoms with Crippen LogP contribution in [-0.2, 0) is 9.31 Å². The Balaban J connectivity index is 1.77. The first kappa shape index (κ1) is 16.5. The predicted molar refractivity (Wildman–Crippen MR) is 89.9 cm³/mol. The Morgan fingerprint density at radius 3 is 2.42 bits per heavy atom. The van der Waals surface area contributed by atoms with Crippen molar-refractivity contribution in [3.63, 3.8) is 0 Å². The van der Waals surface area contributed by atoms with Crippen LogP contribution in [0.2, 0.25) is 0 Å². The molecule has 2 aromatic rings. The van der Waals surface area contributed by atoms with E-state index in [0.717, 1.165) is 0 Å². The number of pyridine rings is 1. The van der Waals surface area contributed by atoms with E-state index in [4.69, 9.17) is 9.31 Å². The summed E-state index contributed by atoms with van der Waals surface area (Å²) in [4.78, 5) is 24.2. The molecule has 24 heavy (non-hydrogen) atoms. The van der Waals surface area contributed by atoms with Crippen LogP contribution in [-0.4, -0.2) is 39.2 Å². The average molecular weight is 326 g/mol. The van der Waals surface area contributed by atoms with Crippen LogP contribution in [0.15, 0.2) is 36.9 Å². The molecule has 1 N–H and O–H groups in total. The maximum absolute atomic E-state index is 12.2. The molecular formula is C16H19BN4O3. The SMILES string of the molecule is CC1(C)OB(c2cc(NC(=O)c3ccncn3)ccn2)OC1(C)C. The summed E-state index contributed by atoms with van der Waals surface area (Å²) >= 11 is 0. The van der Waals surface area contributed by atoms with E-state index in [9.17, 15) is 4.79 Å². The molecule has 0 spiro atoms. The molecule has 8 heteroatoms. The zero-order chi connectivity index (χ0) is 17.4. The minimum Gasteiger partial charge on any atom is -0.398 e. The summed E-state index contributed by atoms with van der Waals surface area (Å²) in [7, 11) is -0.578. The van der Waals surface area contributed by atoms with Gasteiger partial charge < -0.3 is 14.6 Å². The highest BCUT2D eigenvalue weighted by Gasteiger charge is 2.52. The number of nitrogens with zero attached hydrogens (tertiary/aromatic N) is 3. The van der Waals surface area contributed by atoms with Gasteiger partial charge in [0.1, 0.15) is 12.0 Å². The molecule has 0 aromatic carbocycles. The Bertz CT molecular complexity index is 736. The second kappa shape index (κ2) is 5.96. The lowest BCUT2D eigenvalue weighted by Crippen LogP contribution is -2.41. The second-order valence-corrected chi connectivity index (χ2v) is 6.61. The Morgan fingerprint density at radius 2 is 1.79 bits per heavy atom. The fourth-order valence-corrected chi connectivity index (χ4v) is 2.24. The number of rotatable bonds is 3. The second-order valence-electron chi connectivity index (χ2n) is 6.61. The van der Waals surface area contributed by atoms with Crippen LogP contribution in [0.4, 0.5) is 5.69 Å². The highest BCUT2D eigenvalue weighted by Crippen LogP contribution is 2.36. The number of anilines is 1. The minimum atomic E-state index is -0.578. The van der Waals surface area contributed by atoms with Crippen LogP contribution in [0.3, 0.4) is 0 Å². The first-order chi connectivity index (χ1) is 11.3. The van der Waals surface area contributed by atoms with Gasteiger partial charge in [-0.3, -0.25) is 9.78 Å². The van der Waals surface area contributed by atoms with Gasteiger partial charge >= 0.3 is 7.12 Å². The average Bonchev–Trinajstić information content (AvgIpc) is 2.76. The molecule has 0 bridgehead atoms. The van der Waals surface area contributed by atoms with Crippen molar-refractivity contribution in [1.82, 2.24) is 15.0 Å². The fraction of sp³-hybridized carbons (Fsp3) is 0.375. The standard InChI is InChI=1S/C16H19BN4O3/c1-15(2)16(3,4)24-17(23-15)13-9-11(5-8-19-13)21-14(22)12-6-7-18-10-20-12/h5-10H,1-4H3,(H,19,21,22). The quantitative estimate of drug-likeness (QED) is 0.859. The first-order valence-corrected chi connectivity index (χ1v) is 7.67. The molecule has 0 saturated carbocycles. The van der Waals surface area contributed by atoms with E-state index in [1.807, 2.05) is 27.7 Å². The highest BCUT2D eigenvalue weighted by molar-refractivity contribution is 6.61. The molecule has 3 heterocycles. The van der Waals surface area contributed by atoms with E-state index < -0.39 is 18.3 Å². The molecular weight excluding hydrogens is 307 g/mol. The predicted octanol–water partition coefficient (Wildman–Crippen LogP) is 1.42. The molecule has 0 aliphatic carbocycles. The Kier molecular flexibility index (Phi) is 4.10. The van der Waals surface area contributed by atoms with Gasteiger partial charge in [0.2, 0.25) is 0 Å². The van der Waals surface area contributed by atoms with E-state index >= 15 is 0 Å². The van der Waals surface area contributed by atoms with E-state index in [2.05, 4.69) is 20.3 Å². The molecule has 7 nitrogen and oxygen atoms in total. The highest BCUT2D eigenvalue weighted by atomic mass is 16.7. The van der Waals surface area contributed by atoms with Gasteiger partial charge in [0.15, 0.2) is 0 Å². The molecule has 0 atom stereocenters. The number of hydrogen-bond donors (Lipinski definition) is 1. The third-order valence-corrected chi connectivity index (χ3v) is 4.35. The number of amides is 1. The zero-order valence-electron chi connectivity index (χ0n) is 14.1. The largest absolute Gasteiger partial charge is 0.514 e. The molecule has 2 aromatic heterocycles. The van der Waals surface area contributed by atoms with Gasteiger partial charge in [0, 0.05) is 18.1 Å². The van der Waals surface area contributed by atoms with Crippen molar-refractivity contribution in [1.29, 1.82) is 0 Å². The summed E-state index contributed by atoms with van der Waals surface area (Å²) in [5, 5.41) is 2.78. The van der Waals surface area contributed by atoms with Gasteiger partial charge in [-0.2, -0.15) is 0 Å². The van der Waals surface area contributed by atoms with Crippen LogP contribution in [0, 0.1) is 0 Å². The van der Waals surface area contributed by atoms with Crippen LogP contribution in [0.25, 0.3) is 0 Å². The topological polar surface area (TPSA) is 86.2 Å². The maximum atomic E-state index is 12.2. The summed E-state index contributed by atoms with van der Waals surface area (Å²) in [5.41, 5.74) is 0.602. The normalized spacial score (nSPS) is 18.4. The third kappa shape index (κ3) is 3.15. The summed E-state index contributed by atoms with van der Waals surface area (Å²) in [6, 6.07) is 4.99. The Morgan fingerprint density at radius 1 is 1.08 bits per heavy atom. The molecule has 124 valence electrons. The van der Waals surface area contributed by atoms with Gasteiger partial charge in [-0.15, -0.1) is 0 Å². The van der Waals surface area contributed by atoms with Crippen LogP contribution < -0.4 is 10.9 Å². The molecule has 1 aliphatic rings. The zero-order valence-corrected chi connectivity index (χ0v) is 14.1. The monoisotopic (exact) mass is 326 g/mol. The first-order valence-electron chi connectivity index (χ1n) is 7.67. The number of nitrogens with one attached hydrogen (secondary N) is 1. The van der Waals surface area contributed by atoms with E-state index in [1.165, 1.54) is 12.5 Å². The lowest BCUT2D eigenvalue weighted by atomic mass is 9.84. The van der Waals surface area contributed by atoms with Gasteiger partial charge in [-0.1, -0.05) is 0 Å². The fourth-order valence-electron chi connectivity index (χ4n) is 2.24. The van der Waals surface area contributed by atoms with Crippen molar-refractivity contribution in [3.05, 3.63) is 42.6 Å². The van der Waals surface area contributed by atoms with Crippen LogP contribution >= 0.6 is 0 Å². The third-order valence-electron chi connectivity index (χ3n) is 4.35. The molecule has 0 unspecified atom stereocenters. The van der Waals surface area contributed by atoms with Crippen molar-refractivity contribution in [3.8, 4) is 0 Å². The lowest BCUT2D eigenvalue weighted by Gasteiger charge is -2.32. The Labute approximate surface area is 141 Å². The molecule has 3 rings (SSSR count). The van der Waals surface area contributed by atoms with Crippen molar-refractivity contribution in [2.75, 3.05) is 5.32 Å². The molecule has 1 saturated heterocycles. The summed E-state index contributed by atoms with van der Waals surface area (Å²) in [6.45, 7) is 7.92. The molecule has 1 aliphatic heterocycles. The number of hydrogen-bond acceptors (Lipinski definition) is 6. The summed E-state index contributed by atoms with van der Waals surface area (Å²) < 4.78 is 12.0. The summed E-state index contributed by atoms with van der Waals surface area (Å²) in [5.74, 6) is -0.316. The van der Waals surface area contributed by atoms with E-state index in [0.29, 0.717) is 17.0 Å². The van der Waals surface area contributed by atoms with Crippen molar-refractivity contribution in [2.24, 2.45) is 0 Å². The molecule has 0 radical (unpaired) electrons. The van der Waals surface area contributed by atoms with Crippen molar-refractivity contribution >= 4 is 24.3 Å². The smallest absolute Gasteiger partial charge is 0.398 e. The number of carbonyl (C=O) groups is 1. The van der Waals surface area contributed by atoms with Crippen molar-refractivity contribution < 1.29 is 14.1 Å². The van der Waals surface area contributed by atoms with Gasteiger partial charge in [0.05, 0.1) is 16.8 Å². The van der Waals surface area contributed by atoms with Crippen LogP contribution in [0.5, 0.6) is 0 Å². The summed E-state index contributed by atoms with van der Waals surface area (Å²) in [6.07, 6.45) is 4.46. The van der Waals surface area contributed by atoms with Crippen molar-refractivity contribution in [2.45, 2.75) is 38.9 Å². The number of carbonyl (C=O) groups excluding carboxylic acids is 1. The van der Waals surface area contributed by atoms with Gasteiger partial charge in [-0.25, -0.2) is 9.97 Å². The minimum absolute atomic E-state index is 0.291. The van der Waals surface area contributed by atoms with Gasteiger partial charge in [0.25, 0.3) is 5.91 Å². The number of aromatic nitrogens is 3. The van der Waals surface area contributed by atoms with Gasteiger partial charge in [-0.05, 0) is 45.9 Å².